The van der Waals surface area contributed by atoms with Crippen LogP contribution in [0.25, 0.3) is 0 Å². The molecule has 0 spiro atoms. The van der Waals surface area contributed by atoms with Crippen LogP contribution in [0.2, 0.25) is 0 Å². The molecule has 0 aliphatic carbocycles. The van der Waals surface area contributed by atoms with Gasteiger partial charge in [0.2, 0.25) is 5.95 Å². The number of nitrogens with two attached hydrogens (primary N) is 1. The summed E-state index contributed by atoms with van der Waals surface area (Å²) in [5.41, 5.74) is 5.57. The van der Waals surface area contributed by atoms with E-state index in [4.69, 9.17) is 5.73 Å². The van der Waals surface area contributed by atoms with Crippen LogP contribution in [0.3, 0.4) is 0 Å². The van der Waals surface area contributed by atoms with E-state index in [1.54, 1.807) is 12.3 Å². The maximum Gasteiger partial charge on any atom is 0.224 e. The summed E-state index contributed by atoms with van der Waals surface area (Å²) in [5.74, 6) is 1.13. The summed E-state index contributed by atoms with van der Waals surface area (Å²) in [6.07, 6.45) is 4.19. The molecular weight excluding hydrogens is 190 g/mol. The van der Waals surface area contributed by atoms with Crippen LogP contribution < -0.4 is 11.1 Å². The van der Waals surface area contributed by atoms with Crippen molar-refractivity contribution in [1.82, 2.24) is 14.9 Å². The molecule has 82 valence electrons. The molecule has 0 amide bonds. The van der Waals surface area contributed by atoms with Gasteiger partial charge in [0.25, 0.3) is 0 Å². The zero-order chi connectivity index (χ0) is 10.7. The van der Waals surface area contributed by atoms with E-state index in [0.717, 1.165) is 6.54 Å². The number of aromatic nitrogens is 2. The number of nitrogens with zero attached hydrogens (tertiary/aromatic N) is 3. The van der Waals surface area contributed by atoms with Crippen LogP contribution in [0, 0.1) is 0 Å². The Kier molecular flexibility index (Phi) is 3.01. The zero-order valence-corrected chi connectivity index (χ0v) is 8.98. The monoisotopic (exact) mass is 207 g/mol. The fraction of sp³-hybridized carbons (Fsp3) is 0.600. The van der Waals surface area contributed by atoms with Gasteiger partial charge in [0.1, 0.15) is 5.82 Å². The Bertz CT molecular complexity index is 327. The highest BCUT2D eigenvalue weighted by Crippen LogP contribution is 2.14. The van der Waals surface area contributed by atoms with Gasteiger partial charge in [-0.05, 0) is 32.5 Å². The number of rotatable bonds is 3. The highest BCUT2D eigenvalue weighted by atomic mass is 15.2. The van der Waals surface area contributed by atoms with E-state index in [1.165, 1.54) is 19.4 Å². The van der Waals surface area contributed by atoms with Gasteiger partial charge < -0.3 is 16.0 Å². The molecule has 2 rings (SSSR count). The van der Waals surface area contributed by atoms with Gasteiger partial charge in [0, 0.05) is 18.8 Å². The highest BCUT2D eigenvalue weighted by Gasteiger charge is 2.20. The molecule has 5 nitrogen and oxygen atoms in total. The van der Waals surface area contributed by atoms with Crippen molar-refractivity contribution in [3.05, 3.63) is 12.3 Å². The first-order chi connectivity index (χ1) is 7.25. The molecule has 1 saturated heterocycles. The van der Waals surface area contributed by atoms with Gasteiger partial charge in [-0.2, -0.15) is 4.98 Å². The summed E-state index contributed by atoms with van der Waals surface area (Å²) in [6, 6.07) is 2.28. The second-order valence-electron chi connectivity index (χ2n) is 3.96. The lowest BCUT2D eigenvalue weighted by Gasteiger charge is -2.19. The topological polar surface area (TPSA) is 67.1 Å². The molecule has 0 aromatic carbocycles. The molecule has 15 heavy (non-hydrogen) atoms. The molecule has 0 saturated carbocycles. The summed E-state index contributed by atoms with van der Waals surface area (Å²) in [4.78, 5) is 10.6. The van der Waals surface area contributed by atoms with Crippen molar-refractivity contribution in [3.8, 4) is 0 Å². The number of hydrogen-bond acceptors (Lipinski definition) is 5. The molecule has 1 fully saturated rings. The van der Waals surface area contributed by atoms with E-state index in [1.807, 2.05) is 0 Å². The lowest BCUT2D eigenvalue weighted by molar-refractivity contribution is 0.322. The first-order valence-electron chi connectivity index (χ1n) is 5.28. The normalized spacial score (nSPS) is 21.8. The van der Waals surface area contributed by atoms with Crippen LogP contribution >= 0.6 is 0 Å². The number of nitrogens with one attached hydrogen (secondary N) is 1. The number of anilines is 2. The molecule has 5 heteroatoms. The summed E-state index contributed by atoms with van der Waals surface area (Å²) in [5, 5.41) is 3.21. The molecule has 3 N–H and O–H groups in total. The predicted molar refractivity (Wildman–Crippen MR) is 60.6 cm³/mol. The standard InChI is InChI=1S/C10H17N5/c1-15-6-2-3-8(15)7-13-10-12-5-4-9(11)14-10/h4-5,8H,2-3,6-7H2,1H3,(H3,11,12,13,14). The van der Waals surface area contributed by atoms with E-state index < -0.39 is 0 Å². The molecule has 2 heterocycles. The summed E-state index contributed by atoms with van der Waals surface area (Å²) in [6.45, 7) is 2.07. The third-order valence-corrected chi connectivity index (χ3v) is 2.84. The van der Waals surface area contributed by atoms with Crippen molar-refractivity contribution >= 4 is 11.8 Å². The van der Waals surface area contributed by atoms with E-state index in [2.05, 4.69) is 27.2 Å². The maximum absolute atomic E-state index is 5.57. The van der Waals surface area contributed by atoms with Gasteiger partial charge in [-0.1, -0.05) is 0 Å². The van der Waals surface area contributed by atoms with Gasteiger partial charge in [-0.3, -0.25) is 0 Å². The summed E-state index contributed by atoms with van der Waals surface area (Å²) in [7, 11) is 2.15. The first kappa shape index (κ1) is 10.2. The summed E-state index contributed by atoms with van der Waals surface area (Å²) >= 11 is 0. The number of likely N-dealkylation sites (tertiary alicyclic amines) is 1. The average Bonchev–Trinajstić information content (AvgIpc) is 2.61. The SMILES string of the molecule is CN1CCCC1CNc1nccc(N)n1. The molecule has 1 aliphatic rings. The van der Waals surface area contributed by atoms with Crippen molar-refractivity contribution in [2.75, 3.05) is 31.2 Å². The third kappa shape index (κ3) is 2.56. The van der Waals surface area contributed by atoms with Gasteiger partial charge in [-0.25, -0.2) is 4.98 Å². The van der Waals surface area contributed by atoms with Crippen molar-refractivity contribution in [1.29, 1.82) is 0 Å². The lowest BCUT2D eigenvalue weighted by Crippen LogP contribution is -2.31. The fourth-order valence-electron chi connectivity index (χ4n) is 1.90. The average molecular weight is 207 g/mol. The molecule has 1 unspecified atom stereocenters. The Morgan fingerprint density at radius 3 is 3.20 bits per heavy atom. The molecule has 0 bridgehead atoms. The largest absolute Gasteiger partial charge is 0.384 e. The lowest BCUT2D eigenvalue weighted by atomic mass is 10.2. The Balaban J connectivity index is 1.87. The van der Waals surface area contributed by atoms with Crippen LogP contribution in [0.4, 0.5) is 11.8 Å². The highest BCUT2D eigenvalue weighted by molar-refractivity contribution is 5.35. The molecular formula is C10H17N5. The number of nitrogen functional groups attached to an aromatic ring is 1. The first-order valence-corrected chi connectivity index (χ1v) is 5.28. The van der Waals surface area contributed by atoms with Crippen LogP contribution in [-0.2, 0) is 0 Å². The van der Waals surface area contributed by atoms with E-state index in [-0.39, 0.29) is 0 Å². The molecule has 1 atom stereocenters. The molecule has 1 aliphatic heterocycles. The van der Waals surface area contributed by atoms with Crippen LogP contribution in [0.1, 0.15) is 12.8 Å². The second kappa shape index (κ2) is 4.44. The Labute approximate surface area is 89.7 Å². The smallest absolute Gasteiger partial charge is 0.224 e. The number of likely N-dealkylation sites (N-methyl/N-ethyl adjacent to an activating group) is 1. The van der Waals surface area contributed by atoms with Crippen LogP contribution in [0.5, 0.6) is 0 Å². The predicted octanol–water partition coefficient (Wildman–Crippen LogP) is 0.565. The second-order valence-corrected chi connectivity index (χ2v) is 3.96. The minimum atomic E-state index is 0.507. The van der Waals surface area contributed by atoms with Gasteiger partial charge in [-0.15, -0.1) is 0 Å². The summed E-state index contributed by atoms with van der Waals surface area (Å²) < 4.78 is 0. The van der Waals surface area contributed by atoms with Crippen molar-refractivity contribution in [2.45, 2.75) is 18.9 Å². The van der Waals surface area contributed by atoms with E-state index >= 15 is 0 Å². The molecule has 0 radical (unpaired) electrons. The van der Waals surface area contributed by atoms with Crippen molar-refractivity contribution in [2.24, 2.45) is 0 Å². The minimum Gasteiger partial charge on any atom is -0.384 e. The Morgan fingerprint density at radius 1 is 1.67 bits per heavy atom. The van der Waals surface area contributed by atoms with E-state index in [0.29, 0.717) is 17.8 Å². The van der Waals surface area contributed by atoms with Gasteiger partial charge in [0.15, 0.2) is 0 Å². The Hall–Kier alpha value is -1.36. The van der Waals surface area contributed by atoms with E-state index in [9.17, 15) is 0 Å². The number of hydrogen-bond donors (Lipinski definition) is 2. The maximum atomic E-state index is 5.57. The third-order valence-electron chi connectivity index (χ3n) is 2.84. The van der Waals surface area contributed by atoms with Crippen molar-refractivity contribution in [3.63, 3.8) is 0 Å². The zero-order valence-electron chi connectivity index (χ0n) is 8.98. The quantitative estimate of drug-likeness (QED) is 0.758. The molecule has 1 aromatic heterocycles. The van der Waals surface area contributed by atoms with Crippen molar-refractivity contribution < 1.29 is 0 Å². The van der Waals surface area contributed by atoms with Crippen LogP contribution in [0.15, 0.2) is 12.3 Å². The van der Waals surface area contributed by atoms with Gasteiger partial charge >= 0.3 is 0 Å². The fourth-order valence-corrected chi connectivity index (χ4v) is 1.90. The van der Waals surface area contributed by atoms with Crippen LogP contribution in [-0.4, -0.2) is 41.0 Å². The Morgan fingerprint density at radius 2 is 2.53 bits per heavy atom. The van der Waals surface area contributed by atoms with Gasteiger partial charge in [0.05, 0.1) is 0 Å². The minimum absolute atomic E-state index is 0.507. The molecule has 1 aromatic rings.